The van der Waals surface area contributed by atoms with E-state index < -0.39 is 0 Å². The summed E-state index contributed by atoms with van der Waals surface area (Å²) < 4.78 is 0. The Hall–Kier alpha value is -2.82. The molecule has 1 saturated carbocycles. The highest BCUT2D eigenvalue weighted by Gasteiger charge is 2.20. The zero-order chi connectivity index (χ0) is 19.9. The Morgan fingerprint density at radius 2 is 1.71 bits per heavy atom. The van der Waals surface area contributed by atoms with Crippen LogP contribution in [0.2, 0.25) is 0 Å². The normalized spacial score (nSPS) is 14.4. The molecule has 3 rings (SSSR count). The van der Waals surface area contributed by atoms with Crippen LogP contribution in [0.1, 0.15) is 48.0 Å². The van der Waals surface area contributed by atoms with E-state index >= 15 is 0 Å². The van der Waals surface area contributed by atoms with Crippen LogP contribution in [0, 0.1) is 0 Å². The fourth-order valence-corrected chi connectivity index (χ4v) is 3.68. The molecule has 2 N–H and O–H groups in total. The highest BCUT2D eigenvalue weighted by molar-refractivity contribution is 6.02. The highest BCUT2D eigenvalue weighted by Crippen LogP contribution is 2.24. The van der Waals surface area contributed by atoms with Crippen molar-refractivity contribution in [3.8, 4) is 0 Å². The molecular weight excluding hydrogens is 350 g/mol. The monoisotopic (exact) mass is 379 g/mol. The van der Waals surface area contributed by atoms with Gasteiger partial charge in [-0.2, -0.15) is 0 Å². The Kier molecular flexibility index (Phi) is 6.69. The summed E-state index contributed by atoms with van der Waals surface area (Å²) in [6.07, 6.45) is 5.97. The van der Waals surface area contributed by atoms with E-state index in [-0.39, 0.29) is 17.9 Å². The molecule has 0 atom stereocenters. The van der Waals surface area contributed by atoms with Crippen molar-refractivity contribution in [1.82, 2.24) is 5.32 Å². The highest BCUT2D eigenvalue weighted by atomic mass is 16.2. The predicted molar refractivity (Wildman–Crippen MR) is 114 cm³/mol. The summed E-state index contributed by atoms with van der Waals surface area (Å²) in [6.45, 7) is 0. The molecular formula is C23H29N3O2. The number of benzene rings is 2. The lowest BCUT2D eigenvalue weighted by atomic mass is 9.95. The van der Waals surface area contributed by atoms with Crippen LogP contribution in [0.3, 0.4) is 0 Å². The third-order valence-electron chi connectivity index (χ3n) is 5.15. The van der Waals surface area contributed by atoms with Crippen LogP contribution in [0.5, 0.6) is 0 Å². The van der Waals surface area contributed by atoms with E-state index in [1.54, 1.807) is 6.07 Å². The number of amides is 2. The topological polar surface area (TPSA) is 61.4 Å². The zero-order valence-electron chi connectivity index (χ0n) is 16.7. The molecule has 2 aromatic rings. The number of anilines is 2. The van der Waals surface area contributed by atoms with Gasteiger partial charge in [0.25, 0.3) is 5.91 Å². The molecule has 5 nitrogen and oxygen atoms in total. The van der Waals surface area contributed by atoms with Gasteiger partial charge in [-0.3, -0.25) is 9.59 Å². The Balaban J connectivity index is 1.73. The first-order valence-corrected chi connectivity index (χ1v) is 9.99. The molecule has 0 unspecified atom stereocenters. The van der Waals surface area contributed by atoms with E-state index in [9.17, 15) is 9.59 Å². The molecule has 0 aromatic heterocycles. The summed E-state index contributed by atoms with van der Waals surface area (Å²) in [5, 5.41) is 6.09. The molecule has 28 heavy (non-hydrogen) atoms. The van der Waals surface area contributed by atoms with Crippen LogP contribution in [-0.2, 0) is 11.2 Å². The van der Waals surface area contributed by atoms with Gasteiger partial charge in [0, 0.05) is 31.5 Å². The lowest BCUT2D eigenvalue weighted by molar-refractivity contribution is -0.115. The van der Waals surface area contributed by atoms with Crippen molar-refractivity contribution in [3.05, 3.63) is 59.7 Å². The van der Waals surface area contributed by atoms with Crippen molar-refractivity contribution in [2.24, 2.45) is 0 Å². The maximum absolute atomic E-state index is 12.9. The number of carbonyl (C=O) groups is 2. The maximum Gasteiger partial charge on any atom is 0.253 e. The number of carbonyl (C=O) groups excluding carboxylic acids is 2. The smallest absolute Gasteiger partial charge is 0.253 e. The Morgan fingerprint density at radius 3 is 2.39 bits per heavy atom. The van der Waals surface area contributed by atoms with Crippen molar-refractivity contribution in [2.75, 3.05) is 24.3 Å². The fraction of sp³-hybridized carbons (Fsp3) is 0.391. The summed E-state index contributed by atoms with van der Waals surface area (Å²) in [6, 6.07) is 15.4. The van der Waals surface area contributed by atoms with Crippen LogP contribution < -0.4 is 15.5 Å². The van der Waals surface area contributed by atoms with Crippen LogP contribution in [0.4, 0.5) is 11.4 Å². The van der Waals surface area contributed by atoms with E-state index in [2.05, 4.69) is 10.6 Å². The van der Waals surface area contributed by atoms with Gasteiger partial charge in [0.15, 0.2) is 0 Å². The number of hydrogen-bond acceptors (Lipinski definition) is 3. The Bertz CT molecular complexity index is 812. The van der Waals surface area contributed by atoms with Crippen molar-refractivity contribution in [3.63, 3.8) is 0 Å². The third kappa shape index (κ3) is 5.35. The van der Waals surface area contributed by atoms with Crippen molar-refractivity contribution in [1.29, 1.82) is 0 Å². The largest absolute Gasteiger partial charge is 0.377 e. The Labute approximate surface area is 167 Å². The molecule has 1 aliphatic carbocycles. The van der Waals surface area contributed by atoms with Crippen LogP contribution in [-0.4, -0.2) is 32.0 Å². The number of nitrogens with one attached hydrogen (secondary N) is 2. The lowest BCUT2D eigenvalue weighted by Gasteiger charge is -2.24. The number of nitrogens with zero attached hydrogens (tertiary/aromatic N) is 1. The van der Waals surface area contributed by atoms with Crippen molar-refractivity contribution >= 4 is 23.2 Å². The zero-order valence-corrected chi connectivity index (χ0v) is 16.7. The van der Waals surface area contributed by atoms with E-state index in [1.165, 1.54) is 19.3 Å². The first kappa shape index (κ1) is 19.9. The average Bonchev–Trinajstić information content (AvgIpc) is 2.69. The van der Waals surface area contributed by atoms with Gasteiger partial charge >= 0.3 is 0 Å². The molecule has 0 aliphatic heterocycles. The molecule has 148 valence electrons. The minimum Gasteiger partial charge on any atom is -0.377 e. The first-order valence-electron chi connectivity index (χ1n) is 9.99. The average molecular weight is 380 g/mol. The second-order valence-corrected chi connectivity index (χ2v) is 7.65. The summed E-state index contributed by atoms with van der Waals surface area (Å²) >= 11 is 0. The molecule has 0 spiro atoms. The molecule has 0 bridgehead atoms. The van der Waals surface area contributed by atoms with E-state index in [4.69, 9.17) is 0 Å². The predicted octanol–water partition coefficient (Wildman–Crippen LogP) is 4.00. The van der Waals surface area contributed by atoms with Gasteiger partial charge in [-0.15, -0.1) is 0 Å². The minimum atomic E-state index is -0.0950. The molecule has 2 aromatic carbocycles. The van der Waals surface area contributed by atoms with Gasteiger partial charge in [-0.05, 0) is 36.6 Å². The molecule has 0 saturated heterocycles. The van der Waals surface area contributed by atoms with Gasteiger partial charge < -0.3 is 15.5 Å². The molecule has 1 aliphatic rings. The lowest BCUT2D eigenvalue weighted by Crippen LogP contribution is -2.36. The van der Waals surface area contributed by atoms with Gasteiger partial charge in [0.2, 0.25) is 5.91 Å². The van der Waals surface area contributed by atoms with Gasteiger partial charge in [0.1, 0.15) is 0 Å². The fourth-order valence-electron chi connectivity index (χ4n) is 3.68. The second-order valence-electron chi connectivity index (χ2n) is 7.65. The van der Waals surface area contributed by atoms with E-state index in [0.717, 1.165) is 24.1 Å². The first-order chi connectivity index (χ1) is 13.5. The molecule has 5 heteroatoms. The summed E-state index contributed by atoms with van der Waals surface area (Å²) in [5.74, 6) is -0.169. The van der Waals surface area contributed by atoms with Crippen molar-refractivity contribution < 1.29 is 9.59 Å². The van der Waals surface area contributed by atoms with E-state index in [1.807, 2.05) is 61.5 Å². The molecule has 1 fully saturated rings. The van der Waals surface area contributed by atoms with Crippen LogP contribution in [0.25, 0.3) is 0 Å². The summed E-state index contributed by atoms with van der Waals surface area (Å²) in [7, 11) is 3.83. The quantitative estimate of drug-likeness (QED) is 0.798. The summed E-state index contributed by atoms with van der Waals surface area (Å²) in [5.41, 5.74) is 3.03. The van der Waals surface area contributed by atoms with Gasteiger partial charge in [-0.25, -0.2) is 0 Å². The second kappa shape index (κ2) is 9.40. The van der Waals surface area contributed by atoms with Gasteiger partial charge in [0.05, 0.1) is 12.0 Å². The van der Waals surface area contributed by atoms with Gasteiger partial charge in [-0.1, -0.05) is 49.6 Å². The summed E-state index contributed by atoms with van der Waals surface area (Å²) in [4.78, 5) is 27.2. The third-order valence-corrected chi connectivity index (χ3v) is 5.15. The number of rotatable bonds is 6. The minimum absolute atomic E-state index is 0.0743. The SMILES string of the molecule is CN(C)c1ccc(NC(=O)Cc2ccccc2)cc1C(=O)NC1CCCCC1. The van der Waals surface area contributed by atoms with Crippen molar-refractivity contribution in [2.45, 2.75) is 44.6 Å². The molecule has 0 heterocycles. The Morgan fingerprint density at radius 1 is 1.00 bits per heavy atom. The van der Waals surface area contributed by atoms with Crippen LogP contribution in [0.15, 0.2) is 48.5 Å². The van der Waals surface area contributed by atoms with E-state index in [0.29, 0.717) is 17.7 Å². The molecule has 2 amide bonds. The van der Waals surface area contributed by atoms with Crippen LogP contribution >= 0.6 is 0 Å². The molecule has 0 radical (unpaired) electrons. The maximum atomic E-state index is 12.9. The standard InChI is InChI=1S/C23H29N3O2/c1-26(2)21-14-13-19(24-22(27)15-17-9-5-3-6-10-17)16-20(21)23(28)25-18-11-7-4-8-12-18/h3,5-6,9-10,13-14,16,18H,4,7-8,11-12,15H2,1-2H3,(H,24,27)(H,25,28). The number of hydrogen-bond donors (Lipinski definition) is 2.